The van der Waals surface area contributed by atoms with E-state index in [9.17, 15) is 8.42 Å². The Morgan fingerprint density at radius 3 is 2.80 bits per heavy atom. The van der Waals surface area contributed by atoms with Crippen molar-refractivity contribution in [2.24, 2.45) is 0 Å². The number of rotatable bonds is 6. The summed E-state index contributed by atoms with van der Waals surface area (Å²) < 4.78 is 26.0. The van der Waals surface area contributed by atoms with Gasteiger partial charge in [0, 0.05) is 38.0 Å². The van der Waals surface area contributed by atoms with Crippen LogP contribution in [0.1, 0.15) is 31.7 Å². The molecule has 0 amide bonds. The largest absolute Gasteiger partial charge is 0.395 e. The molecule has 0 spiro atoms. The molecule has 0 atom stereocenters. The minimum atomic E-state index is -3.51. The average molecular weight is 296 g/mol. The van der Waals surface area contributed by atoms with Crippen LogP contribution in [-0.4, -0.2) is 43.0 Å². The van der Waals surface area contributed by atoms with E-state index >= 15 is 0 Å². The van der Waals surface area contributed by atoms with Crippen molar-refractivity contribution in [2.45, 2.75) is 31.1 Å². The van der Waals surface area contributed by atoms with E-state index in [1.54, 1.807) is 7.05 Å². The molecule has 110 valence electrons. The Kier molecular flexibility index (Phi) is 6.65. The molecular weight excluding hydrogens is 276 g/mol. The zero-order valence-electron chi connectivity index (χ0n) is 11.8. The average Bonchev–Trinajstić information content (AvgIpc) is 2.45. The van der Waals surface area contributed by atoms with Crippen LogP contribution in [0.3, 0.4) is 0 Å². The molecule has 6 heteroatoms. The molecule has 0 saturated carbocycles. The molecular formula is C14H20N2O3S. The summed E-state index contributed by atoms with van der Waals surface area (Å²) in [6.45, 7) is 2.48. The van der Waals surface area contributed by atoms with Crippen molar-refractivity contribution in [1.29, 1.82) is 0 Å². The standard InChI is InChI=1S/C14H20N2O3S/c1-3-4-8-16(2)20(18,19)14-10-13(11-15-12-14)7-5-6-9-17/h10-12,17H,3-4,6,8-9H2,1-2H3. The molecule has 0 aliphatic rings. The second-order valence-corrected chi connectivity index (χ2v) is 6.41. The fraction of sp³-hybridized carbons (Fsp3) is 0.500. The van der Waals surface area contributed by atoms with Crippen LogP contribution in [-0.2, 0) is 10.0 Å². The first-order valence-electron chi connectivity index (χ1n) is 6.53. The molecule has 0 unspecified atom stereocenters. The summed E-state index contributed by atoms with van der Waals surface area (Å²) in [7, 11) is -1.95. The van der Waals surface area contributed by atoms with Gasteiger partial charge in [-0.2, -0.15) is 0 Å². The van der Waals surface area contributed by atoms with Crippen LogP contribution in [0.4, 0.5) is 0 Å². The van der Waals surface area contributed by atoms with Gasteiger partial charge < -0.3 is 5.11 Å². The predicted octanol–water partition coefficient (Wildman–Crippen LogP) is 1.24. The monoisotopic (exact) mass is 296 g/mol. The maximum absolute atomic E-state index is 12.3. The molecule has 0 aromatic carbocycles. The van der Waals surface area contributed by atoms with Crippen molar-refractivity contribution in [3.63, 3.8) is 0 Å². The maximum atomic E-state index is 12.3. The lowest BCUT2D eigenvalue weighted by Gasteiger charge is -2.16. The highest BCUT2D eigenvalue weighted by Crippen LogP contribution is 2.14. The third kappa shape index (κ3) is 4.60. The summed E-state index contributed by atoms with van der Waals surface area (Å²) in [5.41, 5.74) is 0.531. The molecule has 0 aliphatic carbocycles. The molecule has 1 aromatic rings. The Morgan fingerprint density at radius 2 is 2.15 bits per heavy atom. The van der Waals surface area contributed by atoms with Gasteiger partial charge >= 0.3 is 0 Å². The Hall–Kier alpha value is -1.42. The molecule has 0 radical (unpaired) electrons. The van der Waals surface area contributed by atoms with E-state index in [4.69, 9.17) is 5.11 Å². The Morgan fingerprint density at radius 1 is 1.40 bits per heavy atom. The van der Waals surface area contributed by atoms with Crippen molar-refractivity contribution < 1.29 is 13.5 Å². The minimum absolute atomic E-state index is 0.0157. The van der Waals surface area contributed by atoms with E-state index in [0.29, 0.717) is 18.5 Å². The van der Waals surface area contributed by atoms with E-state index in [0.717, 1.165) is 12.8 Å². The molecule has 5 nitrogen and oxygen atoms in total. The topological polar surface area (TPSA) is 70.5 Å². The second-order valence-electron chi connectivity index (χ2n) is 4.36. The number of aliphatic hydroxyl groups excluding tert-OH is 1. The van der Waals surface area contributed by atoms with Gasteiger partial charge in [0.2, 0.25) is 10.0 Å². The Balaban J connectivity index is 2.96. The number of sulfonamides is 1. The highest BCUT2D eigenvalue weighted by molar-refractivity contribution is 7.89. The van der Waals surface area contributed by atoms with Gasteiger partial charge in [-0.1, -0.05) is 25.2 Å². The predicted molar refractivity (Wildman–Crippen MR) is 77.5 cm³/mol. The highest BCUT2D eigenvalue weighted by atomic mass is 32.2. The molecule has 0 bridgehead atoms. The highest BCUT2D eigenvalue weighted by Gasteiger charge is 2.20. The van der Waals surface area contributed by atoms with Crippen LogP contribution in [0.2, 0.25) is 0 Å². The molecule has 1 aromatic heterocycles. The lowest BCUT2D eigenvalue weighted by atomic mass is 10.3. The summed E-state index contributed by atoms with van der Waals surface area (Å²) in [4.78, 5) is 4.07. The summed E-state index contributed by atoms with van der Waals surface area (Å²) >= 11 is 0. The molecule has 0 fully saturated rings. The Labute approximate surface area is 120 Å². The number of hydrogen-bond acceptors (Lipinski definition) is 4. The van der Waals surface area contributed by atoms with Gasteiger partial charge in [-0.05, 0) is 12.5 Å². The third-order valence-electron chi connectivity index (χ3n) is 2.72. The van der Waals surface area contributed by atoms with E-state index < -0.39 is 10.0 Å². The van der Waals surface area contributed by atoms with Crippen molar-refractivity contribution in [3.05, 3.63) is 24.0 Å². The number of pyridine rings is 1. The number of aromatic nitrogens is 1. The van der Waals surface area contributed by atoms with Crippen molar-refractivity contribution in [3.8, 4) is 11.8 Å². The summed E-state index contributed by atoms with van der Waals surface area (Å²) in [5, 5.41) is 8.66. The zero-order valence-corrected chi connectivity index (χ0v) is 12.7. The van der Waals surface area contributed by atoms with Gasteiger partial charge in [-0.15, -0.1) is 0 Å². The van der Waals surface area contributed by atoms with Gasteiger partial charge in [0.25, 0.3) is 0 Å². The quantitative estimate of drug-likeness (QED) is 0.802. The molecule has 1 N–H and O–H groups in total. The normalized spacial score (nSPS) is 11.2. The molecule has 1 heterocycles. The number of unbranched alkanes of at least 4 members (excludes halogenated alkanes) is 1. The minimum Gasteiger partial charge on any atom is -0.395 e. The fourth-order valence-electron chi connectivity index (χ4n) is 1.53. The first-order valence-corrected chi connectivity index (χ1v) is 7.97. The van der Waals surface area contributed by atoms with Crippen LogP contribution >= 0.6 is 0 Å². The first-order chi connectivity index (χ1) is 9.52. The van der Waals surface area contributed by atoms with Crippen LogP contribution in [0.15, 0.2) is 23.4 Å². The lowest BCUT2D eigenvalue weighted by Crippen LogP contribution is -2.28. The van der Waals surface area contributed by atoms with E-state index in [2.05, 4.69) is 16.8 Å². The Bertz CT molecular complexity index is 588. The summed E-state index contributed by atoms with van der Waals surface area (Å²) in [6, 6.07) is 1.51. The van der Waals surface area contributed by atoms with Gasteiger partial charge in [-0.25, -0.2) is 12.7 Å². The summed E-state index contributed by atoms with van der Waals surface area (Å²) in [5.74, 6) is 5.53. The van der Waals surface area contributed by atoms with Gasteiger partial charge in [-0.3, -0.25) is 4.98 Å². The third-order valence-corrected chi connectivity index (χ3v) is 4.54. The number of nitrogens with zero attached hydrogens (tertiary/aromatic N) is 2. The van der Waals surface area contributed by atoms with Crippen molar-refractivity contribution >= 4 is 10.0 Å². The van der Waals surface area contributed by atoms with Crippen LogP contribution < -0.4 is 0 Å². The summed E-state index contributed by atoms with van der Waals surface area (Å²) in [6.07, 6.45) is 4.95. The fourth-order valence-corrected chi connectivity index (χ4v) is 2.73. The van der Waals surface area contributed by atoms with Crippen LogP contribution in [0.25, 0.3) is 0 Å². The van der Waals surface area contributed by atoms with E-state index in [1.165, 1.54) is 22.8 Å². The van der Waals surface area contributed by atoms with Crippen molar-refractivity contribution in [1.82, 2.24) is 9.29 Å². The zero-order chi connectivity index (χ0) is 15.0. The molecule has 20 heavy (non-hydrogen) atoms. The van der Waals surface area contributed by atoms with Crippen molar-refractivity contribution in [2.75, 3.05) is 20.2 Å². The molecule has 0 saturated heterocycles. The van der Waals surface area contributed by atoms with E-state index in [1.807, 2.05) is 6.92 Å². The maximum Gasteiger partial charge on any atom is 0.244 e. The van der Waals surface area contributed by atoms with Gasteiger partial charge in [0.1, 0.15) is 4.90 Å². The molecule has 1 rings (SSSR count). The van der Waals surface area contributed by atoms with Crippen LogP contribution in [0.5, 0.6) is 0 Å². The second kappa shape index (κ2) is 8.00. The smallest absolute Gasteiger partial charge is 0.244 e. The molecule has 0 aliphatic heterocycles. The van der Waals surface area contributed by atoms with E-state index in [-0.39, 0.29) is 11.5 Å². The van der Waals surface area contributed by atoms with Gasteiger partial charge in [0.05, 0.1) is 6.61 Å². The number of hydrogen-bond donors (Lipinski definition) is 1. The lowest BCUT2D eigenvalue weighted by molar-refractivity contribution is 0.305. The van der Waals surface area contributed by atoms with Gasteiger partial charge in [0.15, 0.2) is 0 Å². The number of aliphatic hydroxyl groups is 1. The first kappa shape index (κ1) is 16.6. The van der Waals surface area contributed by atoms with Crippen LogP contribution in [0, 0.1) is 11.8 Å². The SMILES string of the molecule is CCCCN(C)S(=O)(=O)c1cncc(C#CCCO)c1.